The summed E-state index contributed by atoms with van der Waals surface area (Å²) in [5.74, 6) is -0.197. The van der Waals surface area contributed by atoms with Crippen LogP contribution in [0.3, 0.4) is 0 Å². The normalized spacial score (nSPS) is 23.6. The van der Waals surface area contributed by atoms with Gasteiger partial charge in [0.05, 0.1) is 5.69 Å². The highest BCUT2D eigenvalue weighted by Crippen LogP contribution is 2.28. The average molecular weight is 236 g/mol. The van der Waals surface area contributed by atoms with Gasteiger partial charge < -0.3 is 11.1 Å². The summed E-state index contributed by atoms with van der Waals surface area (Å²) in [5, 5.41) is 3.15. The van der Waals surface area contributed by atoms with Crippen LogP contribution in [0.15, 0.2) is 18.2 Å². The molecule has 0 radical (unpaired) electrons. The molecular formula is C13H17FN2O. The van der Waals surface area contributed by atoms with Crippen LogP contribution in [0.2, 0.25) is 0 Å². The van der Waals surface area contributed by atoms with Crippen LogP contribution in [0.1, 0.15) is 36.5 Å². The molecule has 0 heterocycles. The third-order valence-corrected chi connectivity index (χ3v) is 3.31. The number of amides is 1. The van der Waals surface area contributed by atoms with E-state index in [2.05, 4.69) is 12.2 Å². The molecule has 2 rings (SSSR count). The summed E-state index contributed by atoms with van der Waals surface area (Å²) in [5.41, 5.74) is 5.88. The molecule has 4 heteroatoms. The Kier molecular flexibility index (Phi) is 3.31. The van der Waals surface area contributed by atoms with Crippen molar-refractivity contribution >= 4 is 11.6 Å². The largest absolute Gasteiger partial charge is 0.380 e. The fourth-order valence-electron chi connectivity index (χ4n) is 2.35. The summed E-state index contributed by atoms with van der Waals surface area (Å²) in [4.78, 5) is 11.0. The Hall–Kier alpha value is -1.58. The minimum absolute atomic E-state index is 0.294. The van der Waals surface area contributed by atoms with E-state index in [9.17, 15) is 9.18 Å². The van der Waals surface area contributed by atoms with Crippen molar-refractivity contribution in [3.63, 3.8) is 0 Å². The summed E-state index contributed by atoms with van der Waals surface area (Å²) >= 11 is 0. The monoisotopic (exact) mass is 236 g/mol. The molecule has 0 spiro atoms. The Balaban J connectivity index is 2.14. The number of carbonyl (C=O) groups is 1. The van der Waals surface area contributed by atoms with E-state index in [1.807, 2.05) is 0 Å². The van der Waals surface area contributed by atoms with Crippen molar-refractivity contribution in [2.45, 2.75) is 32.2 Å². The lowest BCUT2D eigenvalue weighted by atomic mass is 10.1. The van der Waals surface area contributed by atoms with Crippen molar-refractivity contribution in [3.8, 4) is 0 Å². The lowest BCUT2D eigenvalue weighted by Gasteiger charge is -2.15. The molecule has 1 amide bonds. The summed E-state index contributed by atoms with van der Waals surface area (Å²) in [6.07, 6.45) is 3.25. The molecular weight excluding hydrogens is 219 g/mol. The van der Waals surface area contributed by atoms with Gasteiger partial charge in [-0.25, -0.2) is 4.39 Å². The number of nitrogens with one attached hydrogen (secondary N) is 1. The van der Waals surface area contributed by atoms with Gasteiger partial charge in [-0.1, -0.05) is 6.92 Å². The molecule has 0 bridgehead atoms. The number of benzene rings is 1. The molecule has 92 valence electrons. The van der Waals surface area contributed by atoms with E-state index < -0.39 is 5.91 Å². The van der Waals surface area contributed by atoms with E-state index in [-0.39, 0.29) is 5.82 Å². The first-order chi connectivity index (χ1) is 8.06. The molecule has 1 aromatic rings. The van der Waals surface area contributed by atoms with Crippen LogP contribution in [0.4, 0.5) is 10.1 Å². The standard InChI is InChI=1S/C13H17FN2O/c1-8-2-4-10(6-8)16-12-7-9(13(15)17)3-5-11(12)14/h3,5,7-8,10,16H,2,4,6H2,1H3,(H2,15,17). The highest BCUT2D eigenvalue weighted by atomic mass is 19.1. The maximum atomic E-state index is 13.6. The predicted octanol–water partition coefficient (Wildman–Crippen LogP) is 2.53. The van der Waals surface area contributed by atoms with E-state index in [0.29, 0.717) is 23.2 Å². The van der Waals surface area contributed by atoms with Crippen molar-refractivity contribution in [2.24, 2.45) is 11.7 Å². The summed E-state index contributed by atoms with van der Waals surface area (Å²) in [7, 11) is 0. The van der Waals surface area contributed by atoms with Gasteiger partial charge in [0.25, 0.3) is 0 Å². The average Bonchev–Trinajstić information content (AvgIpc) is 2.67. The maximum absolute atomic E-state index is 13.6. The molecule has 3 nitrogen and oxygen atoms in total. The number of halogens is 1. The Morgan fingerprint density at radius 1 is 1.47 bits per heavy atom. The van der Waals surface area contributed by atoms with Crippen LogP contribution in [0.25, 0.3) is 0 Å². The minimum Gasteiger partial charge on any atom is -0.380 e. The number of primary amides is 1. The predicted molar refractivity (Wildman–Crippen MR) is 65.3 cm³/mol. The topological polar surface area (TPSA) is 55.1 Å². The van der Waals surface area contributed by atoms with Gasteiger partial charge in [-0.05, 0) is 43.4 Å². The van der Waals surface area contributed by atoms with Crippen LogP contribution in [0, 0.1) is 11.7 Å². The van der Waals surface area contributed by atoms with Gasteiger partial charge in [0.15, 0.2) is 0 Å². The molecule has 1 saturated carbocycles. The molecule has 0 aliphatic heterocycles. The fraction of sp³-hybridized carbons (Fsp3) is 0.462. The van der Waals surface area contributed by atoms with Crippen LogP contribution in [0.5, 0.6) is 0 Å². The minimum atomic E-state index is -0.534. The number of hydrogen-bond donors (Lipinski definition) is 2. The Morgan fingerprint density at radius 2 is 2.24 bits per heavy atom. The van der Waals surface area contributed by atoms with E-state index in [4.69, 9.17) is 5.73 Å². The smallest absolute Gasteiger partial charge is 0.248 e. The Labute approximate surface area is 100 Å². The van der Waals surface area contributed by atoms with E-state index in [1.165, 1.54) is 18.2 Å². The van der Waals surface area contributed by atoms with Crippen LogP contribution >= 0.6 is 0 Å². The van der Waals surface area contributed by atoms with Crippen LogP contribution < -0.4 is 11.1 Å². The second-order valence-corrected chi connectivity index (χ2v) is 4.82. The molecule has 1 aliphatic carbocycles. The number of hydrogen-bond acceptors (Lipinski definition) is 2. The van der Waals surface area contributed by atoms with Crippen molar-refractivity contribution in [3.05, 3.63) is 29.6 Å². The quantitative estimate of drug-likeness (QED) is 0.847. The SMILES string of the molecule is CC1CCC(Nc2cc(C(N)=O)ccc2F)C1. The van der Waals surface area contributed by atoms with Crippen LogP contribution in [-0.4, -0.2) is 11.9 Å². The number of anilines is 1. The molecule has 0 aromatic heterocycles. The Morgan fingerprint density at radius 3 is 2.82 bits per heavy atom. The third-order valence-electron chi connectivity index (χ3n) is 3.31. The summed E-state index contributed by atoms with van der Waals surface area (Å²) in [6.45, 7) is 2.19. The van der Waals surface area contributed by atoms with Gasteiger partial charge in [-0.15, -0.1) is 0 Å². The lowest BCUT2D eigenvalue weighted by Crippen LogP contribution is -2.17. The Bertz CT molecular complexity index is 433. The second kappa shape index (κ2) is 4.73. The molecule has 17 heavy (non-hydrogen) atoms. The van der Waals surface area contributed by atoms with Gasteiger partial charge in [0.1, 0.15) is 5.82 Å². The molecule has 1 aliphatic rings. The zero-order valence-corrected chi connectivity index (χ0v) is 9.87. The van der Waals surface area contributed by atoms with E-state index >= 15 is 0 Å². The summed E-state index contributed by atoms with van der Waals surface area (Å²) in [6, 6.07) is 4.46. The molecule has 1 fully saturated rings. The van der Waals surface area contributed by atoms with Gasteiger partial charge >= 0.3 is 0 Å². The molecule has 2 unspecified atom stereocenters. The zero-order valence-electron chi connectivity index (χ0n) is 9.87. The molecule has 1 aromatic carbocycles. The summed E-state index contributed by atoms with van der Waals surface area (Å²) < 4.78 is 13.6. The highest BCUT2D eigenvalue weighted by molar-refractivity contribution is 5.93. The van der Waals surface area contributed by atoms with Crippen LogP contribution in [-0.2, 0) is 0 Å². The zero-order chi connectivity index (χ0) is 12.4. The first-order valence-corrected chi connectivity index (χ1v) is 5.92. The lowest BCUT2D eigenvalue weighted by molar-refractivity contribution is 0.100. The second-order valence-electron chi connectivity index (χ2n) is 4.82. The van der Waals surface area contributed by atoms with Crippen molar-refractivity contribution in [2.75, 3.05) is 5.32 Å². The number of carbonyl (C=O) groups excluding carboxylic acids is 1. The molecule has 0 saturated heterocycles. The van der Waals surface area contributed by atoms with Crippen molar-refractivity contribution in [1.82, 2.24) is 0 Å². The first-order valence-electron chi connectivity index (χ1n) is 5.92. The first kappa shape index (κ1) is 11.9. The van der Waals surface area contributed by atoms with Crippen molar-refractivity contribution in [1.29, 1.82) is 0 Å². The van der Waals surface area contributed by atoms with Gasteiger partial charge in [-0.3, -0.25) is 4.79 Å². The molecule has 2 atom stereocenters. The fourth-order valence-corrected chi connectivity index (χ4v) is 2.35. The number of rotatable bonds is 3. The number of nitrogens with two attached hydrogens (primary N) is 1. The van der Waals surface area contributed by atoms with Gasteiger partial charge in [-0.2, -0.15) is 0 Å². The van der Waals surface area contributed by atoms with Gasteiger partial charge in [0, 0.05) is 11.6 Å². The maximum Gasteiger partial charge on any atom is 0.248 e. The van der Waals surface area contributed by atoms with Crippen molar-refractivity contribution < 1.29 is 9.18 Å². The van der Waals surface area contributed by atoms with E-state index in [0.717, 1.165) is 19.3 Å². The molecule has 3 N–H and O–H groups in total. The van der Waals surface area contributed by atoms with E-state index in [1.54, 1.807) is 0 Å². The highest BCUT2D eigenvalue weighted by Gasteiger charge is 2.22. The third kappa shape index (κ3) is 2.75. The van der Waals surface area contributed by atoms with Gasteiger partial charge in [0.2, 0.25) is 5.91 Å².